The monoisotopic (exact) mass is 253 g/mol. The van der Waals surface area contributed by atoms with Crippen LogP contribution in [0.2, 0.25) is 0 Å². The van der Waals surface area contributed by atoms with E-state index in [1.807, 2.05) is 6.92 Å². The molecule has 0 radical (unpaired) electrons. The number of nitrogens with one attached hydrogen (secondary N) is 1. The molecule has 0 bridgehead atoms. The van der Waals surface area contributed by atoms with Gasteiger partial charge >= 0.3 is 0 Å². The maximum Gasteiger partial charge on any atom is 0.243 e. The van der Waals surface area contributed by atoms with Gasteiger partial charge in [-0.15, -0.1) is 0 Å². The van der Waals surface area contributed by atoms with Gasteiger partial charge in [-0.25, -0.2) is 0 Å². The molecule has 2 aliphatic rings. The van der Waals surface area contributed by atoms with Gasteiger partial charge in [0.15, 0.2) is 0 Å². The number of aromatic nitrogens is 2. The summed E-state index contributed by atoms with van der Waals surface area (Å²) >= 11 is 0. The Morgan fingerprint density at radius 3 is 3.00 bits per heavy atom. The topological polar surface area (TPSA) is 80.4 Å². The molecule has 0 amide bonds. The van der Waals surface area contributed by atoms with Gasteiger partial charge in [-0.1, -0.05) is 5.16 Å². The van der Waals surface area contributed by atoms with Gasteiger partial charge in [0.2, 0.25) is 11.7 Å². The van der Waals surface area contributed by atoms with Crippen molar-refractivity contribution < 1.29 is 14.4 Å². The number of aliphatic hydroxyl groups is 1. The van der Waals surface area contributed by atoms with Crippen molar-refractivity contribution in [3.8, 4) is 0 Å². The zero-order valence-corrected chi connectivity index (χ0v) is 10.6. The molecule has 18 heavy (non-hydrogen) atoms. The van der Waals surface area contributed by atoms with Crippen LogP contribution in [0.5, 0.6) is 0 Å². The molecule has 3 heterocycles. The van der Waals surface area contributed by atoms with E-state index in [9.17, 15) is 5.11 Å². The molecule has 100 valence electrons. The summed E-state index contributed by atoms with van der Waals surface area (Å²) in [4.78, 5) is 4.45. The summed E-state index contributed by atoms with van der Waals surface area (Å²) in [6, 6.07) is -0.0339. The van der Waals surface area contributed by atoms with Crippen molar-refractivity contribution in [3.05, 3.63) is 11.7 Å². The van der Waals surface area contributed by atoms with Crippen LogP contribution in [0.15, 0.2) is 4.52 Å². The molecule has 2 N–H and O–H groups in total. The molecule has 2 saturated heterocycles. The van der Waals surface area contributed by atoms with Crippen molar-refractivity contribution in [2.24, 2.45) is 0 Å². The third-order valence-electron chi connectivity index (χ3n) is 3.79. The lowest BCUT2D eigenvalue weighted by Gasteiger charge is -2.30. The Balaban J connectivity index is 1.76. The zero-order chi connectivity index (χ0) is 12.6. The fourth-order valence-corrected chi connectivity index (χ4v) is 2.61. The lowest BCUT2D eigenvalue weighted by atomic mass is 9.95. The number of aliphatic hydroxyl groups excluding tert-OH is 1. The first-order chi connectivity index (χ1) is 8.67. The van der Waals surface area contributed by atoms with Gasteiger partial charge < -0.3 is 19.7 Å². The molecule has 3 atom stereocenters. The van der Waals surface area contributed by atoms with E-state index in [0.29, 0.717) is 24.7 Å². The van der Waals surface area contributed by atoms with Crippen LogP contribution >= 0.6 is 0 Å². The number of rotatable bonds is 2. The first-order valence-electron chi connectivity index (χ1n) is 6.57. The lowest BCUT2D eigenvalue weighted by molar-refractivity contribution is -0.0770. The second-order valence-electron chi connectivity index (χ2n) is 5.34. The summed E-state index contributed by atoms with van der Waals surface area (Å²) in [5, 5.41) is 16.7. The van der Waals surface area contributed by atoms with Crippen LogP contribution in [0.1, 0.15) is 50.4 Å². The van der Waals surface area contributed by atoms with E-state index in [0.717, 1.165) is 25.9 Å². The van der Waals surface area contributed by atoms with Crippen molar-refractivity contribution in [1.29, 1.82) is 0 Å². The van der Waals surface area contributed by atoms with Crippen molar-refractivity contribution in [1.82, 2.24) is 15.5 Å². The van der Waals surface area contributed by atoms with Crippen LogP contribution in [-0.4, -0.2) is 34.5 Å². The van der Waals surface area contributed by atoms with E-state index in [-0.39, 0.29) is 12.1 Å². The summed E-state index contributed by atoms with van der Waals surface area (Å²) in [6.07, 6.45) is 3.44. The van der Waals surface area contributed by atoms with E-state index >= 15 is 0 Å². The summed E-state index contributed by atoms with van der Waals surface area (Å²) in [6.45, 7) is 3.34. The van der Waals surface area contributed by atoms with Gasteiger partial charge in [0, 0.05) is 13.2 Å². The predicted molar refractivity (Wildman–Crippen MR) is 62.8 cm³/mol. The Kier molecular flexibility index (Phi) is 3.09. The number of nitrogens with zero attached hydrogens (tertiary/aromatic N) is 2. The van der Waals surface area contributed by atoms with Gasteiger partial charge in [0.05, 0.1) is 12.1 Å². The molecule has 0 spiro atoms. The van der Waals surface area contributed by atoms with Crippen LogP contribution < -0.4 is 5.32 Å². The molecule has 2 aliphatic heterocycles. The highest BCUT2D eigenvalue weighted by Gasteiger charge is 2.36. The SMILES string of the molecule is CC1(c2noc(C3CC(O)CN3)n2)CCCCO1. The third kappa shape index (κ3) is 2.15. The normalized spacial score (nSPS) is 37.0. The summed E-state index contributed by atoms with van der Waals surface area (Å²) < 4.78 is 11.1. The Morgan fingerprint density at radius 1 is 1.44 bits per heavy atom. The predicted octanol–water partition coefficient (Wildman–Crippen LogP) is 0.881. The molecule has 2 fully saturated rings. The average molecular weight is 253 g/mol. The molecular weight excluding hydrogens is 234 g/mol. The molecule has 6 heteroatoms. The number of hydrogen-bond donors (Lipinski definition) is 2. The standard InChI is InChI=1S/C12H19N3O3/c1-12(4-2-3-5-17-12)11-14-10(18-15-11)9-6-8(16)7-13-9/h8-9,13,16H,2-7H2,1H3. The van der Waals surface area contributed by atoms with Crippen LogP contribution in [-0.2, 0) is 10.3 Å². The van der Waals surface area contributed by atoms with Gasteiger partial charge in [-0.2, -0.15) is 4.98 Å². The highest BCUT2D eigenvalue weighted by molar-refractivity contribution is 5.04. The van der Waals surface area contributed by atoms with E-state index < -0.39 is 5.60 Å². The molecule has 0 saturated carbocycles. The molecule has 1 aromatic rings. The minimum Gasteiger partial charge on any atom is -0.392 e. The minimum atomic E-state index is -0.419. The number of ether oxygens (including phenoxy) is 1. The maximum atomic E-state index is 9.49. The van der Waals surface area contributed by atoms with Crippen LogP contribution in [0, 0.1) is 0 Å². The van der Waals surface area contributed by atoms with Crippen molar-refractivity contribution in [2.45, 2.75) is 50.4 Å². The van der Waals surface area contributed by atoms with E-state index in [4.69, 9.17) is 9.26 Å². The number of hydrogen-bond acceptors (Lipinski definition) is 6. The zero-order valence-electron chi connectivity index (χ0n) is 10.6. The third-order valence-corrected chi connectivity index (χ3v) is 3.79. The van der Waals surface area contributed by atoms with E-state index in [2.05, 4.69) is 15.5 Å². The van der Waals surface area contributed by atoms with Crippen molar-refractivity contribution in [3.63, 3.8) is 0 Å². The maximum absolute atomic E-state index is 9.49. The first kappa shape index (κ1) is 12.1. The molecule has 1 aromatic heterocycles. The Hall–Kier alpha value is -0.980. The second-order valence-corrected chi connectivity index (χ2v) is 5.34. The van der Waals surface area contributed by atoms with Gasteiger partial charge in [-0.3, -0.25) is 0 Å². The van der Waals surface area contributed by atoms with Gasteiger partial charge in [-0.05, 0) is 32.6 Å². The van der Waals surface area contributed by atoms with Crippen LogP contribution in [0.25, 0.3) is 0 Å². The molecule has 3 rings (SSSR count). The Bertz CT molecular complexity index is 414. The smallest absolute Gasteiger partial charge is 0.243 e. The molecule has 6 nitrogen and oxygen atoms in total. The highest BCUT2D eigenvalue weighted by atomic mass is 16.5. The first-order valence-corrected chi connectivity index (χ1v) is 6.57. The Morgan fingerprint density at radius 2 is 2.33 bits per heavy atom. The second kappa shape index (κ2) is 4.60. The molecular formula is C12H19N3O3. The highest BCUT2D eigenvalue weighted by Crippen LogP contribution is 2.33. The van der Waals surface area contributed by atoms with Crippen molar-refractivity contribution >= 4 is 0 Å². The molecule has 0 aliphatic carbocycles. The fraction of sp³-hybridized carbons (Fsp3) is 0.833. The average Bonchev–Trinajstić information content (AvgIpc) is 2.98. The van der Waals surface area contributed by atoms with E-state index in [1.54, 1.807) is 0 Å². The van der Waals surface area contributed by atoms with Gasteiger partial charge in [0.25, 0.3) is 0 Å². The lowest BCUT2D eigenvalue weighted by Crippen LogP contribution is -2.31. The van der Waals surface area contributed by atoms with Gasteiger partial charge in [0.1, 0.15) is 5.60 Å². The summed E-state index contributed by atoms with van der Waals surface area (Å²) in [5.74, 6) is 1.18. The molecule has 3 unspecified atom stereocenters. The fourth-order valence-electron chi connectivity index (χ4n) is 2.61. The van der Waals surface area contributed by atoms with Crippen molar-refractivity contribution in [2.75, 3.05) is 13.2 Å². The Labute approximate surface area is 106 Å². The quantitative estimate of drug-likeness (QED) is 0.814. The molecule has 0 aromatic carbocycles. The van der Waals surface area contributed by atoms with Crippen LogP contribution in [0.4, 0.5) is 0 Å². The summed E-state index contributed by atoms with van der Waals surface area (Å²) in [5.41, 5.74) is -0.419. The largest absolute Gasteiger partial charge is 0.392 e. The van der Waals surface area contributed by atoms with E-state index in [1.165, 1.54) is 0 Å². The van der Waals surface area contributed by atoms with Crippen LogP contribution in [0.3, 0.4) is 0 Å². The summed E-state index contributed by atoms with van der Waals surface area (Å²) in [7, 11) is 0. The minimum absolute atomic E-state index is 0.0339. The number of β-amino-alcohol motifs (C(OH)–C–C–N with tert-alkyl or cyclic N) is 1.